The molecular weight excluding hydrogens is 424 g/mol. The van der Waals surface area contributed by atoms with E-state index in [2.05, 4.69) is 76.9 Å². The van der Waals surface area contributed by atoms with E-state index < -0.39 is 0 Å². The number of anilines is 3. The molecule has 4 heterocycles. The van der Waals surface area contributed by atoms with Gasteiger partial charge in [-0.1, -0.05) is 36.4 Å². The van der Waals surface area contributed by atoms with Crippen molar-refractivity contribution in [2.45, 2.75) is 25.4 Å². The Morgan fingerprint density at radius 1 is 0.941 bits per heavy atom. The van der Waals surface area contributed by atoms with Crippen molar-refractivity contribution in [2.24, 2.45) is 0 Å². The molecule has 34 heavy (non-hydrogen) atoms. The third-order valence-corrected chi connectivity index (χ3v) is 6.33. The second kappa shape index (κ2) is 9.07. The number of H-pyrrole nitrogens is 1. The summed E-state index contributed by atoms with van der Waals surface area (Å²) in [5.74, 6) is 1.44. The molecular formula is C26H26N8. The Morgan fingerprint density at radius 2 is 1.82 bits per heavy atom. The van der Waals surface area contributed by atoms with E-state index in [4.69, 9.17) is 0 Å². The van der Waals surface area contributed by atoms with E-state index in [1.807, 2.05) is 24.3 Å². The van der Waals surface area contributed by atoms with Crippen LogP contribution in [0.2, 0.25) is 0 Å². The molecule has 0 atom stereocenters. The zero-order chi connectivity index (χ0) is 22.7. The Balaban J connectivity index is 1.13. The number of hydrogen-bond acceptors (Lipinski definition) is 7. The van der Waals surface area contributed by atoms with Gasteiger partial charge in [0.2, 0.25) is 5.95 Å². The number of rotatable bonds is 6. The lowest BCUT2D eigenvalue weighted by atomic mass is 10.0. The summed E-state index contributed by atoms with van der Waals surface area (Å²) in [6, 6.07) is 21.1. The third kappa shape index (κ3) is 4.40. The van der Waals surface area contributed by atoms with Crippen LogP contribution in [0.25, 0.3) is 22.1 Å². The minimum atomic E-state index is 0.373. The van der Waals surface area contributed by atoms with E-state index >= 15 is 0 Å². The first-order valence-electron chi connectivity index (χ1n) is 11.7. The molecule has 170 valence electrons. The summed E-state index contributed by atoms with van der Waals surface area (Å²) in [5, 5.41) is 8.05. The summed E-state index contributed by atoms with van der Waals surface area (Å²) < 4.78 is 0. The highest BCUT2D eigenvalue weighted by Crippen LogP contribution is 2.25. The first-order valence-corrected chi connectivity index (χ1v) is 11.7. The predicted octanol–water partition coefficient (Wildman–Crippen LogP) is 4.72. The van der Waals surface area contributed by atoms with Crippen LogP contribution in [0.3, 0.4) is 0 Å². The number of fused-ring (bicyclic) bond motifs is 2. The van der Waals surface area contributed by atoms with Crippen molar-refractivity contribution >= 4 is 39.5 Å². The molecule has 0 amide bonds. The van der Waals surface area contributed by atoms with Gasteiger partial charge in [-0.05, 0) is 42.7 Å². The van der Waals surface area contributed by atoms with Crippen LogP contribution in [0.1, 0.15) is 18.4 Å². The Hall–Kier alpha value is -4.04. The molecule has 2 aromatic carbocycles. The highest BCUT2D eigenvalue weighted by molar-refractivity contribution is 5.86. The molecule has 1 aliphatic heterocycles. The fourth-order valence-corrected chi connectivity index (χ4v) is 4.56. The van der Waals surface area contributed by atoms with Crippen LogP contribution in [0.5, 0.6) is 0 Å². The second-order valence-corrected chi connectivity index (χ2v) is 8.72. The Morgan fingerprint density at radius 3 is 2.71 bits per heavy atom. The summed E-state index contributed by atoms with van der Waals surface area (Å²) in [6.07, 6.45) is 5.52. The number of imidazole rings is 1. The maximum absolute atomic E-state index is 4.62. The number of likely N-dealkylation sites (tertiary alicyclic amines) is 1. The van der Waals surface area contributed by atoms with Crippen molar-refractivity contribution in [3.8, 4) is 0 Å². The second-order valence-electron chi connectivity index (χ2n) is 8.72. The Labute approximate surface area is 197 Å². The van der Waals surface area contributed by atoms with E-state index in [0.29, 0.717) is 17.6 Å². The van der Waals surface area contributed by atoms with E-state index in [1.54, 1.807) is 12.5 Å². The summed E-state index contributed by atoms with van der Waals surface area (Å²) in [6.45, 7) is 3.13. The maximum atomic E-state index is 4.62. The fraction of sp³-hybridized carbons (Fsp3) is 0.231. The molecule has 8 nitrogen and oxygen atoms in total. The number of benzene rings is 2. The Kier molecular flexibility index (Phi) is 5.48. The number of pyridine rings is 1. The van der Waals surface area contributed by atoms with Crippen LogP contribution < -0.4 is 10.6 Å². The van der Waals surface area contributed by atoms with Crippen LogP contribution in [-0.4, -0.2) is 49.0 Å². The van der Waals surface area contributed by atoms with Crippen molar-refractivity contribution in [3.63, 3.8) is 0 Å². The minimum absolute atomic E-state index is 0.373. The molecule has 3 aromatic heterocycles. The molecule has 1 aliphatic rings. The molecule has 0 aliphatic carbocycles. The van der Waals surface area contributed by atoms with E-state index in [0.717, 1.165) is 60.4 Å². The quantitative estimate of drug-likeness (QED) is 0.344. The molecule has 0 unspecified atom stereocenters. The van der Waals surface area contributed by atoms with E-state index in [9.17, 15) is 0 Å². The average molecular weight is 451 g/mol. The van der Waals surface area contributed by atoms with Crippen LogP contribution >= 0.6 is 0 Å². The predicted molar refractivity (Wildman–Crippen MR) is 135 cm³/mol. The average Bonchev–Trinajstić information content (AvgIpc) is 3.29. The van der Waals surface area contributed by atoms with Gasteiger partial charge in [0, 0.05) is 42.9 Å². The standard InChI is InChI=1S/C26H26N8/c1-2-5-18(6-3-1)16-34-13-10-20(11-14-34)30-24-23-25(29-17-28-24)33-26(32-23)31-21-8-9-22-19(15-21)7-4-12-27-22/h1-9,12,15,17,20H,10-11,13-14,16H2,(H3,28,29,30,31,32,33). The van der Waals surface area contributed by atoms with Gasteiger partial charge in [-0.15, -0.1) is 0 Å². The molecule has 0 bridgehead atoms. The van der Waals surface area contributed by atoms with Gasteiger partial charge in [0.15, 0.2) is 11.5 Å². The van der Waals surface area contributed by atoms with Gasteiger partial charge < -0.3 is 15.6 Å². The van der Waals surface area contributed by atoms with Crippen molar-refractivity contribution < 1.29 is 0 Å². The fourth-order valence-electron chi connectivity index (χ4n) is 4.56. The van der Waals surface area contributed by atoms with Crippen molar-refractivity contribution in [1.82, 2.24) is 29.8 Å². The molecule has 1 saturated heterocycles. The highest BCUT2D eigenvalue weighted by Gasteiger charge is 2.21. The number of nitrogens with one attached hydrogen (secondary N) is 3. The van der Waals surface area contributed by atoms with Crippen LogP contribution in [-0.2, 0) is 6.54 Å². The van der Waals surface area contributed by atoms with Crippen LogP contribution in [0.15, 0.2) is 73.2 Å². The van der Waals surface area contributed by atoms with Gasteiger partial charge in [0.1, 0.15) is 11.8 Å². The first-order chi connectivity index (χ1) is 16.8. The molecule has 0 radical (unpaired) electrons. The van der Waals surface area contributed by atoms with Crippen molar-refractivity contribution in [1.29, 1.82) is 0 Å². The molecule has 8 heteroatoms. The summed E-state index contributed by atoms with van der Waals surface area (Å²) >= 11 is 0. The van der Waals surface area contributed by atoms with Crippen LogP contribution in [0.4, 0.5) is 17.5 Å². The zero-order valence-electron chi connectivity index (χ0n) is 18.8. The van der Waals surface area contributed by atoms with Gasteiger partial charge in [0.25, 0.3) is 0 Å². The van der Waals surface area contributed by atoms with Gasteiger partial charge in [0.05, 0.1) is 5.52 Å². The molecule has 3 N–H and O–H groups in total. The van der Waals surface area contributed by atoms with Gasteiger partial charge >= 0.3 is 0 Å². The van der Waals surface area contributed by atoms with Gasteiger partial charge in [-0.2, -0.15) is 4.98 Å². The largest absolute Gasteiger partial charge is 0.365 e. The number of piperidine rings is 1. The SMILES string of the molecule is c1ccc(CN2CCC(Nc3ncnc4nc(Nc5ccc6ncccc6c5)[nH]c34)CC2)cc1. The molecule has 6 rings (SSSR count). The lowest BCUT2D eigenvalue weighted by Gasteiger charge is -2.32. The summed E-state index contributed by atoms with van der Waals surface area (Å²) in [7, 11) is 0. The number of hydrogen-bond donors (Lipinski definition) is 3. The van der Waals surface area contributed by atoms with Crippen molar-refractivity contribution in [2.75, 3.05) is 23.7 Å². The highest BCUT2D eigenvalue weighted by atomic mass is 15.2. The van der Waals surface area contributed by atoms with Gasteiger partial charge in [-0.25, -0.2) is 9.97 Å². The summed E-state index contributed by atoms with van der Waals surface area (Å²) in [4.78, 5) is 23.7. The minimum Gasteiger partial charge on any atom is -0.365 e. The first kappa shape index (κ1) is 20.6. The number of nitrogens with zero attached hydrogens (tertiary/aromatic N) is 5. The van der Waals surface area contributed by atoms with Gasteiger partial charge in [-0.3, -0.25) is 9.88 Å². The number of aromatic nitrogens is 5. The summed E-state index contributed by atoms with van der Waals surface area (Å²) in [5.41, 5.74) is 4.73. The molecule has 5 aromatic rings. The molecule has 0 spiro atoms. The maximum Gasteiger partial charge on any atom is 0.207 e. The molecule has 0 saturated carbocycles. The Bertz CT molecular complexity index is 1410. The van der Waals surface area contributed by atoms with Crippen molar-refractivity contribution in [3.05, 3.63) is 78.8 Å². The zero-order valence-corrected chi connectivity index (χ0v) is 18.8. The lowest BCUT2D eigenvalue weighted by molar-refractivity contribution is 0.211. The normalized spacial score (nSPS) is 15.1. The number of aromatic amines is 1. The molecule has 1 fully saturated rings. The smallest absolute Gasteiger partial charge is 0.207 e. The monoisotopic (exact) mass is 450 g/mol. The third-order valence-electron chi connectivity index (χ3n) is 6.33. The lowest BCUT2D eigenvalue weighted by Crippen LogP contribution is -2.38. The topological polar surface area (TPSA) is 94.7 Å². The van der Waals surface area contributed by atoms with E-state index in [1.165, 1.54) is 5.56 Å². The van der Waals surface area contributed by atoms with E-state index in [-0.39, 0.29) is 0 Å². The van der Waals surface area contributed by atoms with Crippen LogP contribution in [0, 0.1) is 0 Å².